The van der Waals surface area contributed by atoms with E-state index in [4.69, 9.17) is 16.3 Å². The molecule has 2 rings (SSSR count). The molecule has 1 unspecified atom stereocenters. The van der Waals surface area contributed by atoms with Crippen LogP contribution in [0.15, 0.2) is 29.8 Å². The summed E-state index contributed by atoms with van der Waals surface area (Å²) < 4.78 is 5.59. The third kappa shape index (κ3) is 3.02. The molecule has 0 bridgehead atoms. The van der Waals surface area contributed by atoms with Gasteiger partial charge in [-0.1, -0.05) is 17.7 Å². The number of hydrogen-bond acceptors (Lipinski definition) is 2. The Morgan fingerprint density at radius 1 is 1.53 bits per heavy atom. The minimum atomic E-state index is 0.496. The zero-order valence-electron chi connectivity index (χ0n) is 10.1. The Morgan fingerprint density at radius 3 is 3.18 bits per heavy atom. The Morgan fingerprint density at radius 2 is 2.41 bits per heavy atom. The van der Waals surface area contributed by atoms with Gasteiger partial charge in [-0.3, -0.25) is 0 Å². The van der Waals surface area contributed by atoms with Gasteiger partial charge in [0, 0.05) is 11.6 Å². The lowest BCUT2D eigenvalue weighted by atomic mass is 9.87. The highest BCUT2D eigenvalue weighted by atomic mass is 35.5. The fourth-order valence-corrected chi connectivity index (χ4v) is 2.43. The van der Waals surface area contributed by atoms with Gasteiger partial charge < -0.3 is 10.1 Å². The van der Waals surface area contributed by atoms with Gasteiger partial charge in [0.1, 0.15) is 12.4 Å². The maximum absolute atomic E-state index is 5.59. The molecule has 3 heteroatoms. The summed E-state index contributed by atoms with van der Waals surface area (Å²) in [4.78, 5) is 0. The Labute approximate surface area is 108 Å². The van der Waals surface area contributed by atoms with Crippen molar-refractivity contribution in [3.8, 4) is 5.75 Å². The lowest BCUT2D eigenvalue weighted by Gasteiger charge is -2.25. The summed E-state index contributed by atoms with van der Waals surface area (Å²) in [6, 6.07) is 6.86. The van der Waals surface area contributed by atoms with Gasteiger partial charge in [0.2, 0.25) is 0 Å². The average molecular weight is 252 g/mol. The molecule has 0 aliphatic heterocycles. The van der Waals surface area contributed by atoms with Crippen LogP contribution in [0.1, 0.15) is 30.0 Å². The molecule has 0 aromatic heterocycles. The Kier molecular flexibility index (Phi) is 4.46. The van der Waals surface area contributed by atoms with E-state index in [-0.39, 0.29) is 0 Å². The van der Waals surface area contributed by atoms with E-state index in [1.165, 1.54) is 29.5 Å². The largest absolute Gasteiger partial charge is 0.489 e. The van der Waals surface area contributed by atoms with Crippen LogP contribution in [0.3, 0.4) is 0 Å². The maximum Gasteiger partial charge on any atom is 0.120 e. The molecule has 0 fully saturated rings. The lowest BCUT2D eigenvalue weighted by molar-refractivity contribution is 0.361. The second kappa shape index (κ2) is 6.08. The van der Waals surface area contributed by atoms with Gasteiger partial charge in [-0.15, -0.1) is 0 Å². The monoisotopic (exact) mass is 251 g/mol. The van der Waals surface area contributed by atoms with Crippen molar-refractivity contribution >= 4 is 11.6 Å². The Bertz CT molecular complexity index is 403. The van der Waals surface area contributed by atoms with Crippen LogP contribution < -0.4 is 10.1 Å². The summed E-state index contributed by atoms with van der Waals surface area (Å²) in [7, 11) is 2.02. The van der Waals surface area contributed by atoms with Crippen LogP contribution in [0.4, 0.5) is 0 Å². The van der Waals surface area contributed by atoms with Gasteiger partial charge in [0.25, 0.3) is 0 Å². The first kappa shape index (κ1) is 12.5. The number of benzene rings is 1. The summed E-state index contributed by atoms with van der Waals surface area (Å²) >= 11 is 5.45. The summed E-state index contributed by atoms with van der Waals surface area (Å²) in [5, 5.41) is 3.36. The fourth-order valence-electron chi connectivity index (χ4n) is 2.36. The van der Waals surface area contributed by atoms with Gasteiger partial charge in [-0.2, -0.15) is 0 Å². The number of fused-ring (bicyclic) bond motifs is 1. The molecule has 17 heavy (non-hydrogen) atoms. The van der Waals surface area contributed by atoms with Crippen molar-refractivity contribution in [3.63, 3.8) is 0 Å². The van der Waals surface area contributed by atoms with Crippen LogP contribution in [0.2, 0.25) is 0 Å². The molecule has 0 saturated heterocycles. The van der Waals surface area contributed by atoms with Crippen molar-refractivity contribution in [1.82, 2.24) is 5.32 Å². The predicted molar refractivity (Wildman–Crippen MR) is 71.7 cm³/mol. The van der Waals surface area contributed by atoms with Crippen molar-refractivity contribution in [2.24, 2.45) is 0 Å². The topological polar surface area (TPSA) is 21.3 Å². The molecular formula is C14H18ClNO. The standard InChI is InChI=1S/C14H18ClNO/c1-16-14-5-2-4-11-10-12(6-7-13(11)14)17-9-3-8-15/h3,6-8,10,14,16H,2,4-5,9H2,1H3. The molecule has 1 aliphatic rings. The van der Waals surface area contributed by atoms with E-state index in [2.05, 4.69) is 17.4 Å². The lowest BCUT2D eigenvalue weighted by Crippen LogP contribution is -2.21. The van der Waals surface area contributed by atoms with E-state index in [9.17, 15) is 0 Å². The molecule has 0 heterocycles. The second-order valence-corrected chi connectivity index (χ2v) is 4.52. The summed E-state index contributed by atoms with van der Waals surface area (Å²) in [5.41, 5.74) is 4.30. The minimum Gasteiger partial charge on any atom is -0.489 e. The van der Waals surface area contributed by atoms with Crippen LogP contribution in [0.5, 0.6) is 5.75 Å². The highest BCUT2D eigenvalue weighted by Gasteiger charge is 2.18. The summed E-state index contributed by atoms with van der Waals surface area (Å²) in [6.07, 6.45) is 5.40. The predicted octanol–water partition coefficient (Wildman–Crippen LogP) is 3.41. The van der Waals surface area contributed by atoms with Gasteiger partial charge in [0.05, 0.1) is 0 Å². The number of aryl methyl sites for hydroxylation is 1. The third-order valence-corrected chi connectivity index (χ3v) is 3.39. The first-order valence-corrected chi connectivity index (χ1v) is 6.47. The number of nitrogens with one attached hydrogen (secondary N) is 1. The van der Waals surface area contributed by atoms with Crippen LogP contribution in [0, 0.1) is 0 Å². The van der Waals surface area contributed by atoms with Gasteiger partial charge in [0.15, 0.2) is 0 Å². The SMILES string of the molecule is CNC1CCCc2cc(OCC=CCl)ccc21. The van der Waals surface area contributed by atoms with E-state index in [1.807, 2.05) is 13.1 Å². The van der Waals surface area contributed by atoms with Crippen molar-refractivity contribution in [1.29, 1.82) is 0 Å². The molecule has 0 spiro atoms. The Hall–Kier alpha value is -0.990. The van der Waals surface area contributed by atoms with Crippen LogP contribution >= 0.6 is 11.6 Å². The highest BCUT2D eigenvalue weighted by Crippen LogP contribution is 2.31. The number of hydrogen-bond donors (Lipinski definition) is 1. The molecule has 0 radical (unpaired) electrons. The third-order valence-electron chi connectivity index (χ3n) is 3.21. The molecule has 1 aromatic rings. The van der Waals surface area contributed by atoms with Gasteiger partial charge >= 0.3 is 0 Å². The highest BCUT2D eigenvalue weighted by molar-refractivity contribution is 6.25. The normalized spacial score (nSPS) is 19.3. The van der Waals surface area contributed by atoms with E-state index in [0.29, 0.717) is 12.6 Å². The molecule has 1 N–H and O–H groups in total. The first-order chi connectivity index (χ1) is 8.35. The molecule has 1 atom stereocenters. The number of rotatable bonds is 4. The van der Waals surface area contributed by atoms with Crippen LogP contribution in [0.25, 0.3) is 0 Å². The van der Waals surface area contributed by atoms with Crippen molar-refractivity contribution in [3.05, 3.63) is 40.9 Å². The van der Waals surface area contributed by atoms with Gasteiger partial charge in [-0.05, 0) is 55.6 Å². The van der Waals surface area contributed by atoms with Crippen molar-refractivity contribution in [2.45, 2.75) is 25.3 Å². The van der Waals surface area contributed by atoms with E-state index in [0.717, 1.165) is 12.2 Å². The zero-order chi connectivity index (χ0) is 12.1. The minimum absolute atomic E-state index is 0.496. The molecule has 0 amide bonds. The number of halogens is 1. The fraction of sp³-hybridized carbons (Fsp3) is 0.429. The van der Waals surface area contributed by atoms with Gasteiger partial charge in [-0.25, -0.2) is 0 Å². The molecule has 0 saturated carbocycles. The molecule has 1 aliphatic carbocycles. The summed E-state index contributed by atoms with van der Waals surface area (Å²) in [6.45, 7) is 0.526. The van der Waals surface area contributed by atoms with Crippen LogP contribution in [-0.2, 0) is 6.42 Å². The second-order valence-electron chi connectivity index (χ2n) is 4.27. The van der Waals surface area contributed by atoms with E-state index in [1.54, 1.807) is 6.08 Å². The Balaban J connectivity index is 2.13. The van der Waals surface area contributed by atoms with Crippen molar-refractivity contribution in [2.75, 3.05) is 13.7 Å². The van der Waals surface area contributed by atoms with Crippen molar-refractivity contribution < 1.29 is 4.74 Å². The first-order valence-electron chi connectivity index (χ1n) is 6.03. The van der Waals surface area contributed by atoms with Crippen LogP contribution in [-0.4, -0.2) is 13.7 Å². The summed E-state index contributed by atoms with van der Waals surface area (Å²) in [5.74, 6) is 0.926. The molecule has 2 nitrogen and oxygen atoms in total. The quantitative estimate of drug-likeness (QED) is 0.886. The average Bonchev–Trinajstić information content (AvgIpc) is 2.38. The maximum atomic E-state index is 5.59. The number of ether oxygens (including phenoxy) is 1. The van der Waals surface area contributed by atoms with E-state index < -0.39 is 0 Å². The molecule has 92 valence electrons. The van der Waals surface area contributed by atoms with E-state index >= 15 is 0 Å². The molecule has 1 aromatic carbocycles. The smallest absolute Gasteiger partial charge is 0.120 e. The molecular weight excluding hydrogens is 234 g/mol. The zero-order valence-corrected chi connectivity index (χ0v) is 10.8.